The van der Waals surface area contributed by atoms with Gasteiger partial charge in [0.2, 0.25) is 0 Å². The summed E-state index contributed by atoms with van der Waals surface area (Å²) < 4.78 is 16.5. The zero-order valence-electron chi connectivity index (χ0n) is 13.4. The van der Waals surface area contributed by atoms with Crippen LogP contribution in [0.3, 0.4) is 0 Å². The van der Waals surface area contributed by atoms with Gasteiger partial charge in [0, 0.05) is 17.1 Å². The molecule has 0 saturated carbocycles. The molecule has 1 N–H and O–H groups in total. The number of alkyl carbamates (subject to hydrolysis) is 1. The highest BCUT2D eigenvalue weighted by atomic mass is 32.2. The van der Waals surface area contributed by atoms with Gasteiger partial charge in [0.05, 0.1) is 11.8 Å². The average Bonchev–Trinajstić information content (AvgIpc) is 2.36. The topological polar surface area (TPSA) is 72.5 Å². The van der Waals surface area contributed by atoms with Gasteiger partial charge >= 0.3 is 6.09 Å². The number of hydrogen-bond acceptors (Lipinski definition) is 4. The summed E-state index contributed by atoms with van der Waals surface area (Å²) in [6.45, 7) is 5.26. The molecule has 0 saturated heterocycles. The summed E-state index contributed by atoms with van der Waals surface area (Å²) >= 11 is 0. The van der Waals surface area contributed by atoms with Crippen LogP contribution in [0.4, 0.5) is 4.79 Å². The molecule has 1 unspecified atom stereocenters. The maximum atomic E-state index is 12.2. The van der Waals surface area contributed by atoms with Crippen molar-refractivity contribution in [2.75, 3.05) is 12.0 Å². The van der Waals surface area contributed by atoms with Crippen molar-refractivity contribution in [1.82, 2.24) is 5.32 Å². The summed E-state index contributed by atoms with van der Waals surface area (Å²) in [7, 11) is -1.25. The lowest BCUT2D eigenvalue weighted by Gasteiger charge is -2.23. The van der Waals surface area contributed by atoms with E-state index in [9.17, 15) is 13.8 Å². The first-order valence-electron chi connectivity index (χ1n) is 7.03. The number of rotatable bonds is 6. The summed E-state index contributed by atoms with van der Waals surface area (Å²) in [5.74, 6) is -0.358. The largest absolute Gasteiger partial charge is 0.444 e. The second-order valence-corrected chi connectivity index (χ2v) is 7.51. The summed E-state index contributed by atoms with van der Waals surface area (Å²) in [5.41, 5.74) is 0.275. The predicted octanol–water partition coefficient (Wildman–Crippen LogP) is 2.07. The van der Waals surface area contributed by atoms with Gasteiger partial charge in [-0.25, -0.2) is 4.79 Å². The molecule has 1 aromatic carbocycles. The van der Waals surface area contributed by atoms with Crippen LogP contribution in [0.25, 0.3) is 0 Å². The van der Waals surface area contributed by atoms with Gasteiger partial charge in [0.15, 0.2) is 5.78 Å². The number of carbonyl (C=O) groups excluding carboxylic acids is 2. The van der Waals surface area contributed by atoms with Crippen molar-refractivity contribution in [3.63, 3.8) is 0 Å². The minimum absolute atomic E-state index is 0.0900. The minimum atomic E-state index is -1.25. The summed E-state index contributed by atoms with van der Waals surface area (Å²) in [6, 6.07) is 8.61. The molecule has 0 fully saturated rings. The molecule has 1 aromatic rings. The standard InChI is InChI=1S/C16H23NO4S/c1-16(2,3)21-15(19)17-13(14(18)11-22(4)20)10-12-8-6-5-7-9-12/h5-9,13H,10-11H2,1-4H3,(H,17,19)/t13-,22?/m0/s1. The number of Topliss-reactive ketones (excluding diaryl/α,β-unsaturated/α-hetero) is 1. The highest BCUT2D eigenvalue weighted by Gasteiger charge is 2.25. The third-order valence-corrected chi connectivity index (χ3v) is 3.40. The summed E-state index contributed by atoms with van der Waals surface area (Å²) in [6.07, 6.45) is 1.16. The molecule has 22 heavy (non-hydrogen) atoms. The van der Waals surface area contributed by atoms with Crippen LogP contribution >= 0.6 is 0 Å². The monoisotopic (exact) mass is 325 g/mol. The lowest BCUT2D eigenvalue weighted by molar-refractivity contribution is -0.118. The van der Waals surface area contributed by atoms with Crippen molar-refractivity contribution in [3.05, 3.63) is 35.9 Å². The van der Waals surface area contributed by atoms with Crippen LogP contribution < -0.4 is 5.32 Å². The molecule has 2 atom stereocenters. The van der Waals surface area contributed by atoms with E-state index in [1.807, 2.05) is 30.3 Å². The number of nitrogens with one attached hydrogen (secondary N) is 1. The van der Waals surface area contributed by atoms with E-state index in [1.165, 1.54) is 6.26 Å². The Bertz CT molecular complexity index is 537. The number of carbonyl (C=O) groups is 2. The SMILES string of the molecule is CS(=O)CC(=O)[C@H](Cc1ccccc1)NC(=O)OC(C)(C)C. The maximum Gasteiger partial charge on any atom is 0.408 e. The van der Waals surface area contributed by atoms with Crippen LogP contribution in [0.2, 0.25) is 0 Å². The molecule has 0 bridgehead atoms. The summed E-state index contributed by atoms with van der Waals surface area (Å²) in [5, 5.41) is 2.58. The van der Waals surface area contributed by atoms with Gasteiger partial charge in [-0.2, -0.15) is 0 Å². The van der Waals surface area contributed by atoms with Crippen molar-refractivity contribution in [2.45, 2.75) is 38.8 Å². The van der Waals surface area contributed by atoms with Crippen molar-refractivity contribution >= 4 is 22.7 Å². The van der Waals surface area contributed by atoms with Crippen molar-refractivity contribution in [1.29, 1.82) is 0 Å². The summed E-state index contributed by atoms with van der Waals surface area (Å²) in [4.78, 5) is 24.1. The molecule has 0 radical (unpaired) electrons. The fourth-order valence-corrected chi connectivity index (χ4v) is 2.45. The van der Waals surface area contributed by atoms with E-state index in [-0.39, 0.29) is 11.5 Å². The molecule has 0 aliphatic carbocycles. The highest BCUT2D eigenvalue weighted by molar-refractivity contribution is 7.85. The van der Waals surface area contributed by atoms with E-state index in [2.05, 4.69) is 5.32 Å². The maximum absolute atomic E-state index is 12.2. The number of ketones is 1. The van der Waals surface area contributed by atoms with E-state index in [0.717, 1.165) is 5.56 Å². The van der Waals surface area contributed by atoms with Crippen LogP contribution in [0.1, 0.15) is 26.3 Å². The van der Waals surface area contributed by atoms with E-state index in [4.69, 9.17) is 4.74 Å². The van der Waals surface area contributed by atoms with E-state index < -0.39 is 28.5 Å². The first-order valence-corrected chi connectivity index (χ1v) is 8.76. The molecular formula is C16H23NO4S. The quantitative estimate of drug-likeness (QED) is 0.869. The Balaban J connectivity index is 2.80. The Morgan fingerprint density at radius 1 is 1.23 bits per heavy atom. The van der Waals surface area contributed by atoms with Crippen molar-refractivity contribution in [3.8, 4) is 0 Å². The lowest BCUT2D eigenvalue weighted by atomic mass is 10.0. The fraction of sp³-hybridized carbons (Fsp3) is 0.500. The van der Waals surface area contributed by atoms with Gasteiger partial charge < -0.3 is 10.1 Å². The normalized spacial score (nSPS) is 14.0. The zero-order chi connectivity index (χ0) is 16.8. The lowest BCUT2D eigenvalue weighted by Crippen LogP contribution is -2.46. The molecule has 0 aliphatic rings. The first-order chi connectivity index (χ1) is 10.2. The molecule has 122 valence electrons. The number of hydrogen-bond donors (Lipinski definition) is 1. The van der Waals surface area contributed by atoms with E-state index in [1.54, 1.807) is 20.8 Å². The minimum Gasteiger partial charge on any atom is -0.444 e. The van der Waals surface area contributed by atoms with Gasteiger partial charge in [-0.1, -0.05) is 30.3 Å². The Morgan fingerprint density at radius 3 is 2.32 bits per heavy atom. The first kappa shape index (κ1) is 18.4. The van der Waals surface area contributed by atoms with Crippen LogP contribution in [0.5, 0.6) is 0 Å². The number of amides is 1. The van der Waals surface area contributed by atoms with Crippen molar-refractivity contribution < 1.29 is 18.5 Å². The second-order valence-electron chi connectivity index (χ2n) is 6.07. The van der Waals surface area contributed by atoms with Crippen LogP contribution in [0.15, 0.2) is 30.3 Å². The Hall–Kier alpha value is -1.69. The predicted molar refractivity (Wildman–Crippen MR) is 87.2 cm³/mol. The van der Waals surface area contributed by atoms with Crippen LogP contribution in [-0.2, 0) is 26.8 Å². The molecular weight excluding hydrogens is 302 g/mol. The third-order valence-electron chi connectivity index (χ3n) is 2.71. The van der Waals surface area contributed by atoms with Crippen LogP contribution in [-0.4, -0.2) is 39.7 Å². The molecule has 6 heteroatoms. The Morgan fingerprint density at radius 2 is 1.82 bits per heavy atom. The van der Waals surface area contributed by atoms with Crippen LogP contribution in [0, 0.1) is 0 Å². The molecule has 0 spiro atoms. The van der Waals surface area contributed by atoms with E-state index >= 15 is 0 Å². The smallest absolute Gasteiger partial charge is 0.408 e. The van der Waals surface area contributed by atoms with Gasteiger partial charge in [-0.05, 0) is 32.8 Å². The van der Waals surface area contributed by atoms with Gasteiger partial charge in [0.1, 0.15) is 5.60 Å². The van der Waals surface area contributed by atoms with E-state index in [0.29, 0.717) is 6.42 Å². The molecule has 5 nitrogen and oxygen atoms in total. The number of benzene rings is 1. The average molecular weight is 325 g/mol. The number of ether oxygens (including phenoxy) is 1. The third kappa shape index (κ3) is 7.36. The highest BCUT2D eigenvalue weighted by Crippen LogP contribution is 2.09. The van der Waals surface area contributed by atoms with Gasteiger partial charge in [-0.15, -0.1) is 0 Å². The molecule has 1 amide bonds. The zero-order valence-corrected chi connectivity index (χ0v) is 14.2. The molecule has 0 aliphatic heterocycles. The van der Waals surface area contributed by atoms with Gasteiger partial charge in [-0.3, -0.25) is 9.00 Å². The Labute approximate surface area is 133 Å². The Kier molecular flexibility index (Phi) is 6.74. The van der Waals surface area contributed by atoms with Gasteiger partial charge in [0.25, 0.3) is 0 Å². The van der Waals surface area contributed by atoms with Crippen molar-refractivity contribution in [2.24, 2.45) is 0 Å². The fourth-order valence-electron chi connectivity index (χ4n) is 1.85. The second kappa shape index (κ2) is 8.08. The molecule has 1 rings (SSSR count). The molecule has 0 heterocycles. The molecule has 0 aromatic heterocycles.